The summed E-state index contributed by atoms with van der Waals surface area (Å²) >= 11 is 0. The number of hydrogen-bond donors (Lipinski definition) is 1. The quantitative estimate of drug-likeness (QED) is 0.556. The molecule has 0 aliphatic heterocycles. The van der Waals surface area contributed by atoms with Crippen LogP contribution < -0.4 is 0 Å². The van der Waals surface area contributed by atoms with Crippen LogP contribution in [0.5, 0.6) is 0 Å². The molecule has 0 saturated heterocycles. The number of carboxylic acids is 1. The minimum Gasteiger partial charge on any atom is -0.477 e. The van der Waals surface area contributed by atoms with Crippen molar-refractivity contribution in [2.45, 2.75) is 6.43 Å². The monoisotopic (exact) mass is 155 g/mol. The van der Waals surface area contributed by atoms with Gasteiger partial charge in [0.15, 0.2) is 0 Å². The summed E-state index contributed by atoms with van der Waals surface area (Å²) in [6.45, 7) is 0. The summed E-state index contributed by atoms with van der Waals surface area (Å²) in [5.74, 6) is -2.07. The van der Waals surface area contributed by atoms with Crippen LogP contribution in [0.4, 0.5) is 8.78 Å². The molecule has 0 aliphatic carbocycles. The summed E-state index contributed by atoms with van der Waals surface area (Å²) in [7, 11) is 0. The summed E-state index contributed by atoms with van der Waals surface area (Å²) in [6.07, 6.45) is -3.23. The van der Waals surface area contributed by atoms with Crippen molar-refractivity contribution in [1.29, 1.82) is 0 Å². The first kappa shape index (κ1) is 15.8. The number of rotatable bonds is 1. The molecule has 0 aliphatic rings. The average Bonchev–Trinajstić information content (AvgIpc) is 1.36. The first-order valence-corrected chi connectivity index (χ1v) is 1.15. The third kappa shape index (κ3) is 9.80. The second-order valence-electron chi connectivity index (χ2n) is 0.639. The number of alkyl halides is 2. The van der Waals surface area contributed by atoms with Gasteiger partial charge < -0.3 is 5.11 Å². The Bertz CT molecular complexity index is 69.1. The molecule has 0 aromatic carbocycles. The fourth-order valence-electron chi connectivity index (χ4n) is 0. The summed E-state index contributed by atoms with van der Waals surface area (Å²) in [5.41, 5.74) is 0. The molecule has 0 aromatic rings. The van der Waals surface area contributed by atoms with Gasteiger partial charge in [-0.1, -0.05) is 0 Å². The van der Waals surface area contributed by atoms with E-state index in [4.69, 9.17) is 9.90 Å². The van der Waals surface area contributed by atoms with Gasteiger partial charge in [0.1, 0.15) is 0 Å². The predicted octanol–water partition coefficient (Wildman–Crippen LogP) is 0.377. The molecule has 6 heteroatoms. The van der Waals surface area contributed by atoms with Gasteiger partial charge >= 0.3 is 12.4 Å². The number of aliphatic carboxylic acids is 1. The molecule has 0 rings (SSSR count). The third-order valence-electron chi connectivity index (χ3n) is 0.187. The van der Waals surface area contributed by atoms with Crippen molar-refractivity contribution < 1.29 is 18.7 Å². The molecular formula is C2H3ClF2NaO2. The Labute approximate surface area is 73.0 Å². The van der Waals surface area contributed by atoms with Crippen molar-refractivity contribution >= 4 is 47.9 Å². The Morgan fingerprint density at radius 3 is 1.62 bits per heavy atom. The molecule has 0 amide bonds. The van der Waals surface area contributed by atoms with Crippen LogP contribution in [0.1, 0.15) is 0 Å². The normalized spacial score (nSPS) is 6.88. The van der Waals surface area contributed by atoms with Gasteiger partial charge in [-0.15, -0.1) is 12.4 Å². The fraction of sp³-hybridized carbons (Fsp3) is 0.500. The van der Waals surface area contributed by atoms with Crippen LogP contribution in [0.2, 0.25) is 0 Å². The zero-order valence-corrected chi connectivity index (χ0v) is 6.91. The Hall–Kier alpha value is 0.620. The number of carbonyl (C=O) groups is 1. The second-order valence-corrected chi connectivity index (χ2v) is 0.639. The van der Waals surface area contributed by atoms with E-state index < -0.39 is 12.4 Å². The molecular weight excluding hydrogens is 152 g/mol. The first-order valence-electron chi connectivity index (χ1n) is 1.15. The molecule has 1 N–H and O–H groups in total. The molecule has 45 valence electrons. The van der Waals surface area contributed by atoms with E-state index in [1.807, 2.05) is 0 Å². The zero-order valence-electron chi connectivity index (χ0n) is 4.10. The van der Waals surface area contributed by atoms with E-state index >= 15 is 0 Å². The molecule has 0 bridgehead atoms. The number of hydrogen-bond acceptors (Lipinski definition) is 1. The molecule has 0 saturated carbocycles. The van der Waals surface area contributed by atoms with Gasteiger partial charge in [-0.25, -0.2) is 4.79 Å². The maximum atomic E-state index is 10.6. The van der Waals surface area contributed by atoms with Crippen molar-refractivity contribution in [3.63, 3.8) is 0 Å². The Kier molecular flexibility index (Phi) is 15.1. The smallest absolute Gasteiger partial charge is 0.371 e. The van der Waals surface area contributed by atoms with E-state index in [0.717, 1.165) is 0 Å². The second kappa shape index (κ2) is 7.62. The van der Waals surface area contributed by atoms with E-state index in [9.17, 15) is 8.78 Å². The van der Waals surface area contributed by atoms with E-state index in [-0.39, 0.29) is 42.0 Å². The van der Waals surface area contributed by atoms with Crippen LogP contribution in [0, 0.1) is 0 Å². The maximum Gasteiger partial charge on any atom is 0.371 e. The van der Waals surface area contributed by atoms with Crippen LogP contribution in [-0.2, 0) is 4.79 Å². The van der Waals surface area contributed by atoms with E-state index in [1.165, 1.54) is 0 Å². The van der Waals surface area contributed by atoms with Crippen molar-refractivity contribution in [2.24, 2.45) is 0 Å². The maximum absolute atomic E-state index is 10.6. The minimum absolute atomic E-state index is 0. The summed E-state index contributed by atoms with van der Waals surface area (Å²) in [6, 6.07) is 0. The Morgan fingerprint density at radius 2 is 1.62 bits per heavy atom. The zero-order chi connectivity index (χ0) is 5.15. The standard InChI is InChI=1S/C2H2F2O2.ClH.Na/c3-1(4)2(5)6;;/h1H,(H,5,6);1H;. The molecule has 0 aromatic heterocycles. The van der Waals surface area contributed by atoms with E-state index in [2.05, 4.69) is 0 Å². The molecule has 1 radical (unpaired) electrons. The fourth-order valence-corrected chi connectivity index (χ4v) is 0. The van der Waals surface area contributed by atoms with Crippen LogP contribution in [0.3, 0.4) is 0 Å². The van der Waals surface area contributed by atoms with Crippen molar-refractivity contribution in [2.75, 3.05) is 0 Å². The molecule has 8 heavy (non-hydrogen) atoms. The Morgan fingerprint density at radius 1 is 1.50 bits per heavy atom. The van der Waals surface area contributed by atoms with Crippen LogP contribution in [0.15, 0.2) is 0 Å². The Balaban J connectivity index is -0.000000125. The molecule has 0 unspecified atom stereocenters. The summed E-state index contributed by atoms with van der Waals surface area (Å²) in [4.78, 5) is 8.95. The van der Waals surface area contributed by atoms with Crippen molar-refractivity contribution in [3.8, 4) is 0 Å². The van der Waals surface area contributed by atoms with Gasteiger partial charge in [0.05, 0.1) is 0 Å². The summed E-state index contributed by atoms with van der Waals surface area (Å²) in [5, 5.41) is 7.24. The van der Waals surface area contributed by atoms with Crippen LogP contribution >= 0.6 is 12.4 Å². The van der Waals surface area contributed by atoms with Crippen molar-refractivity contribution in [3.05, 3.63) is 0 Å². The molecule has 0 atom stereocenters. The molecule has 2 nitrogen and oxygen atoms in total. The van der Waals surface area contributed by atoms with Gasteiger partial charge in [0, 0.05) is 29.6 Å². The molecule has 0 fully saturated rings. The summed E-state index contributed by atoms with van der Waals surface area (Å²) < 4.78 is 21.1. The largest absolute Gasteiger partial charge is 0.477 e. The van der Waals surface area contributed by atoms with Crippen LogP contribution in [-0.4, -0.2) is 47.1 Å². The van der Waals surface area contributed by atoms with Crippen LogP contribution in [0.25, 0.3) is 0 Å². The molecule has 0 spiro atoms. The van der Waals surface area contributed by atoms with E-state index in [1.54, 1.807) is 0 Å². The SMILES string of the molecule is Cl.O=C(O)C(F)F.[Na]. The first-order chi connectivity index (χ1) is 2.64. The van der Waals surface area contributed by atoms with Gasteiger partial charge in [-0.3, -0.25) is 0 Å². The van der Waals surface area contributed by atoms with Gasteiger partial charge in [0.25, 0.3) is 0 Å². The average molecular weight is 155 g/mol. The van der Waals surface area contributed by atoms with E-state index in [0.29, 0.717) is 0 Å². The van der Waals surface area contributed by atoms with Gasteiger partial charge in [-0.05, 0) is 0 Å². The number of carboxylic acid groups (broad SMARTS) is 1. The minimum atomic E-state index is -3.23. The molecule has 0 heterocycles. The van der Waals surface area contributed by atoms with Gasteiger partial charge in [-0.2, -0.15) is 8.78 Å². The topological polar surface area (TPSA) is 37.3 Å². The van der Waals surface area contributed by atoms with Crippen molar-refractivity contribution in [1.82, 2.24) is 0 Å². The van der Waals surface area contributed by atoms with Gasteiger partial charge in [0.2, 0.25) is 0 Å². The predicted molar refractivity (Wildman–Crippen MR) is 26.6 cm³/mol. The number of halogens is 3. The third-order valence-corrected chi connectivity index (χ3v) is 0.187.